The monoisotopic (exact) mass is 123 g/mol. The van der Waals surface area contributed by atoms with Crippen molar-refractivity contribution in [2.45, 2.75) is 19.8 Å². The Hall–Kier alpha value is -0.720. The van der Waals surface area contributed by atoms with Crippen LogP contribution in [0.5, 0.6) is 0 Å². The molecule has 0 unspecified atom stereocenters. The number of aryl methyl sites for hydroxylation is 1. The van der Waals surface area contributed by atoms with Crippen molar-refractivity contribution in [2.75, 3.05) is 0 Å². The van der Waals surface area contributed by atoms with Crippen LogP contribution in [0.25, 0.3) is 0 Å². The Morgan fingerprint density at radius 1 is 1.56 bits per heavy atom. The van der Waals surface area contributed by atoms with Gasteiger partial charge in [-0.25, -0.2) is 0 Å². The lowest BCUT2D eigenvalue weighted by molar-refractivity contribution is 0.492. The molecule has 1 radical (unpaired) electrons. The Balaban J connectivity index is 2.61. The molecule has 9 heavy (non-hydrogen) atoms. The smallest absolute Gasteiger partial charge is 0.104 e. The second kappa shape index (κ2) is 2.72. The van der Waals surface area contributed by atoms with Crippen molar-refractivity contribution in [1.82, 2.24) is 0 Å². The van der Waals surface area contributed by atoms with Crippen LogP contribution in [0.15, 0.2) is 16.5 Å². The van der Waals surface area contributed by atoms with Crippen LogP contribution in [0.4, 0.5) is 0 Å². The van der Waals surface area contributed by atoms with E-state index in [1.54, 1.807) is 0 Å². The van der Waals surface area contributed by atoms with Crippen LogP contribution < -0.4 is 0 Å². The topological polar surface area (TPSA) is 13.1 Å². The van der Waals surface area contributed by atoms with E-state index >= 15 is 0 Å². The van der Waals surface area contributed by atoms with Crippen molar-refractivity contribution in [3.05, 3.63) is 30.6 Å². The Kier molecular flexibility index (Phi) is 1.93. The van der Waals surface area contributed by atoms with Gasteiger partial charge in [0.25, 0.3) is 0 Å². The van der Waals surface area contributed by atoms with Gasteiger partial charge in [0.1, 0.15) is 11.5 Å². The number of hydrogen-bond acceptors (Lipinski definition) is 1. The van der Waals surface area contributed by atoms with E-state index in [4.69, 9.17) is 4.42 Å². The molecule has 0 fully saturated rings. The van der Waals surface area contributed by atoms with E-state index < -0.39 is 0 Å². The maximum absolute atomic E-state index is 5.21. The van der Waals surface area contributed by atoms with Crippen molar-refractivity contribution < 1.29 is 4.42 Å². The highest BCUT2D eigenvalue weighted by Crippen LogP contribution is 2.07. The second-order valence-electron chi connectivity index (χ2n) is 2.12. The van der Waals surface area contributed by atoms with Crippen LogP contribution in [-0.2, 0) is 6.42 Å². The minimum absolute atomic E-state index is 0.762. The molecule has 0 bridgehead atoms. The predicted octanol–water partition coefficient (Wildman–Crippen LogP) is 2.41. The van der Waals surface area contributed by atoms with Crippen molar-refractivity contribution in [1.29, 1.82) is 0 Å². The van der Waals surface area contributed by atoms with E-state index in [0.29, 0.717) is 0 Å². The summed E-state index contributed by atoms with van der Waals surface area (Å²) in [6, 6.07) is 3.87. The van der Waals surface area contributed by atoms with Crippen LogP contribution in [0.2, 0.25) is 0 Å². The molecule has 49 valence electrons. The average molecular weight is 123 g/mol. The van der Waals surface area contributed by atoms with Crippen LogP contribution in [0.3, 0.4) is 0 Å². The molecule has 0 amide bonds. The minimum atomic E-state index is 0.762. The molecule has 0 saturated heterocycles. The first-order valence-corrected chi connectivity index (χ1v) is 3.23. The maximum Gasteiger partial charge on any atom is 0.104 e. The summed E-state index contributed by atoms with van der Waals surface area (Å²) in [4.78, 5) is 0. The summed E-state index contributed by atoms with van der Waals surface area (Å²) in [6.07, 6.45) is 2.16. The molecule has 1 heterocycles. The molecule has 0 aliphatic rings. The van der Waals surface area contributed by atoms with Gasteiger partial charge in [0.2, 0.25) is 0 Å². The van der Waals surface area contributed by atoms with E-state index in [-0.39, 0.29) is 0 Å². The van der Waals surface area contributed by atoms with Crippen molar-refractivity contribution in [3.63, 3.8) is 0 Å². The van der Waals surface area contributed by atoms with Gasteiger partial charge in [-0.3, -0.25) is 0 Å². The van der Waals surface area contributed by atoms with Crippen LogP contribution >= 0.6 is 0 Å². The number of furan rings is 1. The van der Waals surface area contributed by atoms with E-state index in [0.717, 1.165) is 24.4 Å². The quantitative estimate of drug-likeness (QED) is 0.588. The zero-order valence-electron chi connectivity index (χ0n) is 5.68. The molecule has 1 nitrogen and oxygen atoms in total. The predicted molar refractivity (Wildman–Crippen MR) is 37.2 cm³/mol. The van der Waals surface area contributed by atoms with Gasteiger partial charge >= 0.3 is 0 Å². The first-order valence-electron chi connectivity index (χ1n) is 3.23. The van der Waals surface area contributed by atoms with Gasteiger partial charge in [-0.2, -0.15) is 0 Å². The largest absolute Gasteiger partial charge is 0.466 e. The van der Waals surface area contributed by atoms with Gasteiger partial charge in [-0.05, 0) is 18.6 Å². The Labute approximate surface area is 55.7 Å². The molecule has 0 atom stereocenters. The van der Waals surface area contributed by atoms with Gasteiger partial charge in [-0.15, -0.1) is 0 Å². The fourth-order valence-electron chi connectivity index (χ4n) is 0.803. The summed E-state index contributed by atoms with van der Waals surface area (Å²) in [6.45, 7) is 5.79. The Bertz CT molecular complexity index is 176. The van der Waals surface area contributed by atoms with Crippen LogP contribution in [0, 0.1) is 6.92 Å². The fraction of sp³-hybridized carbons (Fsp3) is 0.375. The van der Waals surface area contributed by atoms with E-state index in [9.17, 15) is 0 Å². The molecule has 0 aliphatic carbocycles. The molecule has 0 aliphatic heterocycles. The van der Waals surface area contributed by atoms with Crippen molar-refractivity contribution in [2.24, 2.45) is 0 Å². The molecule has 0 spiro atoms. The third kappa shape index (κ3) is 1.60. The van der Waals surface area contributed by atoms with Crippen LogP contribution in [0.1, 0.15) is 24.9 Å². The Morgan fingerprint density at radius 2 is 2.33 bits per heavy atom. The molecular weight excluding hydrogens is 112 g/mol. The normalized spacial score (nSPS) is 10.0. The summed E-state index contributed by atoms with van der Waals surface area (Å²) in [5, 5.41) is 0. The van der Waals surface area contributed by atoms with Gasteiger partial charge < -0.3 is 4.42 Å². The molecule has 0 N–H and O–H groups in total. The summed E-state index contributed by atoms with van der Waals surface area (Å²) >= 11 is 0. The summed E-state index contributed by atoms with van der Waals surface area (Å²) in [7, 11) is 0. The highest BCUT2D eigenvalue weighted by molar-refractivity contribution is 5.08. The highest BCUT2D eigenvalue weighted by atomic mass is 16.3. The first-order chi connectivity index (χ1) is 4.33. The lowest BCUT2D eigenvalue weighted by atomic mass is 10.3. The maximum atomic E-state index is 5.21. The molecule has 0 saturated carbocycles. The van der Waals surface area contributed by atoms with Crippen molar-refractivity contribution in [3.8, 4) is 0 Å². The lowest BCUT2D eigenvalue weighted by Crippen LogP contribution is -1.74. The third-order valence-corrected chi connectivity index (χ3v) is 1.21. The summed E-state index contributed by atoms with van der Waals surface area (Å²) in [5.41, 5.74) is 0. The molecule has 0 aromatic carbocycles. The first kappa shape index (κ1) is 6.40. The third-order valence-electron chi connectivity index (χ3n) is 1.21. The van der Waals surface area contributed by atoms with Gasteiger partial charge in [-0.1, -0.05) is 6.92 Å². The number of hydrogen-bond donors (Lipinski definition) is 0. The molecule has 1 aromatic rings. The van der Waals surface area contributed by atoms with E-state index in [1.807, 2.05) is 12.1 Å². The zero-order chi connectivity index (χ0) is 6.69. The standard InChI is InChI=1S/C8H11O/c1-3-4-8-6-5-7(2)9-8/h5-6H,2-4H2,1H3. The average Bonchev–Trinajstić information content (AvgIpc) is 2.17. The van der Waals surface area contributed by atoms with Gasteiger partial charge in [0, 0.05) is 13.3 Å². The van der Waals surface area contributed by atoms with Gasteiger partial charge in [0.15, 0.2) is 0 Å². The van der Waals surface area contributed by atoms with Gasteiger partial charge in [0.05, 0.1) is 0 Å². The molecule has 1 rings (SSSR count). The highest BCUT2D eigenvalue weighted by Gasteiger charge is 1.94. The Morgan fingerprint density at radius 3 is 2.78 bits per heavy atom. The van der Waals surface area contributed by atoms with E-state index in [2.05, 4.69) is 13.8 Å². The molecule has 1 aromatic heterocycles. The fourth-order valence-corrected chi connectivity index (χ4v) is 0.803. The lowest BCUT2D eigenvalue weighted by Gasteiger charge is -1.87. The van der Waals surface area contributed by atoms with E-state index in [1.165, 1.54) is 0 Å². The van der Waals surface area contributed by atoms with Crippen LogP contribution in [-0.4, -0.2) is 0 Å². The summed E-state index contributed by atoms with van der Waals surface area (Å²) < 4.78 is 5.21. The molecule has 1 heteroatoms. The SMILES string of the molecule is [CH2]c1ccc(CCC)o1. The zero-order valence-corrected chi connectivity index (χ0v) is 5.68. The summed E-state index contributed by atoms with van der Waals surface area (Å²) in [5.74, 6) is 1.81. The van der Waals surface area contributed by atoms with Crippen molar-refractivity contribution >= 4 is 0 Å². The molecular formula is C8H11O. The number of rotatable bonds is 2. The second-order valence-corrected chi connectivity index (χ2v) is 2.12. The minimum Gasteiger partial charge on any atom is -0.466 e.